The number of cyclic esters (lactones) is 1. The van der Waals surface area contributed by atoms with Crippen LogP contribution in [0.1, 0.15) is 80.6 Å². The van der Waals surface area contributed by atoms with Crippen molar-refractivity contribution in [3.05, 3.63) is 12.2 Å². The molecule has 2 aliphatic rings. The molecule has 188 valence electrons. The van der Waals surface area contributed by atoms with Crippen molar-refractivity contribution in [2.24, 2.45) is 0 Å². The highest BCUT2D eigenvalue weighted by atomic mass is 16.6. The van der Waals surface area contributed by atoms with Gasteiger partial charge in [-0.05, 0) is 80.6 Å². The summed E-state index contributed by atoms with van der Waals surface area (Å²) in [6, 6.07) is -1.26. The van der Waals surface area contributed by atoms with Gasteiger partial charge in [-0.2, -0.15) is 4.90 Å². The Morgan fingerprint density at radius 1 is 1.03 bits per heavy atom. The summed E-state index contributed by atoms with van der Waals surface area (Å²) in [5.74, 6) is -0.774. The van der Waals surface area contributed by atoms with Gasteiger partial charge in [0.2, 0.25) is 0 Å². The van der Waals surface area contributed by atoms with Crippen LogP contribution in [-0.2, 0) is 23.7 Å². The Labute approximate surface area is 196 Å². The molecule has 2 rings (SSSR count). The number of hydrogen-bond acceptors (Lipinski definition) is 8. The van der Waals surface area contributed by atoms with E-state index in [9.17, 15) is 19.5 Å². The molecule has 1 aliphatic heterocycles. The molecular formula is C24H39NO8. The van der Waals surface area contributed by atoms with E-state index in [1.54, 1.807) is 48.5 Å². The lowest BCUT2D eigenvalue weighted by Gasteiger charge is -2.33. The van der Waals surface area contributed by atoms with Gasteiger partial charge in [0.1, 0.15) is 29.5 Å². The van der Waals surface area contributed by atoms with Crippen molar-refractivity contribution in [1.29, 1.82) is 0 Å². The van der Waals surface area contributed by atoms with Crippen molar-refractivity contribution in [3.8, 4) is 0 Å². The van der Waals surface area contributed by atoms with Crippen molar-refractivity contribution in [1.82, 2.24) is 4.90 Å². The van der Waals surface area contributed by atoms with Gasteiger partial charge < -0.3 is 24.1 Å². The minimum absolute atomic E-state index is 0.0944. The van der Waals surface area contributed by atoms with E-state index < -0.39 is 53.7 Å². The molecule has 9 nitrogen and oxygen atoms in total. The summed E-state index contributed by atoms with van der Waals surface area (Å²) in [6.07, 6.45) is 1.90. The van der Waals surface area contributed by atoms with Crippen LogP contribution < -0.4 is 0 Å². The summed E-state index contributed by atoms with van der Waals surface area (Å²) in [5, 5.41) is 10.7. The van der Waals surface area contributed by atoms with Gasteiger partial charge in [0.05, 0.1) is 12.2 Å². The van der Waals surface area contributed by atoms with Crippen molar-refractivity contribution < 1.29 is 38.4 Å². The summed E-state index contributed by atoms with van der Waals surface area (Å²) in [7, 11) is 0. The smallest absolute Gasteiger partial charge is 0.420 e. The standard InChI is InChI=1S/C24H39NO8/c1-15-19(31-16-11-8-9-12-16)18(26)14-10-13-17(20(27)30-15)25(21(28)32-23(2,3)4)22(29)33-24(5,6)7/h8,11,15-19,26H,9-10,12-14H2,1-7H3/t15-,16?,17-,18-,19-/m0/s1. The van der Waals surface area contributed by atoms with Crippen LogP contribution in [-0.4, -0.2) is 69.8 Å². The van der Waals surface area contributed by atoms with Gasteiger partial charge in [-0.1, -0.05) is 12.2 Å². The van der Waals surface area contributed by atoms with Crippen molar-refractivity contribution >= 4 is 18.2 Å². The highest BCUT2D eigenvalue weighted by Crippen LogP contribution is 2.26. The number of ether oxygens (including phenoxy) is 4. The maximum Gasteiger partial charge on any atom is 0.420 e. The van der Waals surface area contributed by atoms with E-state index in [2.05, 4.69) is 0 Å². The lowest BCUT2D eigenvalue weighted by atomic mass is 10.0. The molecular weight excluding hydrogens is 430 g/mol. The lowest BCUT2D eigenvalue weighted by Crippen LogP contribution is -2.53. The van der Waals surface area contributed by atoms with E-state index in [0.29, 0.717) is 17.7 Å². The monoisotopic (exact) mass is 469 g/mol. The molecule has 1 fully saturated rings. The first-order valence-electron chi connectivity index (χ1n) is 11.6. The fraction of sp³-hybridized carbons (Fsp3) is 0.792. The summed E-state index contributed by atoms with van der Waals surface area (Å²) in [5.41, 5.74) is -1.78. The molecule has 9 heteroatoms. The number of aliphatic hydroxyl groups is 1. The number of hydrogen-bond donors (Lipinski definition) is 1. The lowest BCUT2D eigenvalue weighted by molar-refractivity contribution is -0.170. The SMILES string of the molecule is C[C@@H]1OC(=O)[C@@H](N(C(=O)OC(C)(C)C)C(=O)OC(C)(C)C)CCC[C@H](O)[C@H]1OC1C=CCC1. The number of carbonyl (C=O) groups excluding carboxylic acids is 3. The molecule has 1 unspecified atom stereocenters. The Morgan fingerprint density at radius 3 is 2.09 bits per heavy atom. The second kappa shape index (κ2) is 10.9. The summed E-state index contributed by atoms with van der Waals surface area (Å²) in [4.78, 5) is 39.8. The van der Waals surface area contributed by atoms with E-state index in [1.807, 2.05) is 12.2 Å². The zero-order valence-electron chi connectivity index (χ0n) is 20.8. The predicted octanol–water partition coefficient (Wildman–Crippen LogP) is 4.11. The van der Waals surface area contributed by atoms with Crippen LogP contribution in [0.2, 0.25) is 0 Å². The second-order valence-corrected chi connectivity index (χ2v) is 10.6. The molecule has 1 heterocycles. The molecule has 1 aliphatic carbocycles. The topological polar surface area (TPSA) is 112 Å². The largest absolute Gasteiger partial charge is 0.458 e. The van der Waals surface area contributed by atoms with Crippen LogP contribution in [0.4, 0.5) is 9.59 Å². The Balaban J connectivity index is 2.28. The van der Waals surface area contributed by atoms with Crippen LogP contribution in [0.25, 0.3) is 0 Å². The Morgan fingerprint density at radius 2 is 1.61 bits per heavy atom. The second-order valence-electron chi connectivity index (χ2n) is 10.6. The molecule has 5 atom stereocenters. The first-order chi connectivity index (χ1) is 15.2. The van der Waals surface area contributed by atoms with Gasteiger partial charge in [0.15, 0.2) is 0 Å². The Bertz CT molecular complexity index is 708. The zero-order chi connectivity index (χ0) is 25.0. The molecule has 0 bridgehead atoms. The van der Waals surface area contributed by atoms with Crippen LogP contribution in [0.5, 0.6) is 0 Å². The zero-order valence-corrected chi connectivity index (χ0v) is 20.8. The fourth-order valence-electron chi connectivity index (χ4n) is 3.75. The third-order valence-electron chi connectivity index (χ3n) is 5.19. The number of aliphatic hydroxyl groups excluding tert-OH is 1. The average Bonchev–Trinajstić information content (AvgIpc) is 3.15. The first kappa shape index (κ1) is 27.1. The minimum Gasteiger partial charge on any atom is -0.458 e. The minimum atomic E-state index is -1.26. The van der Waals surface area contributed by atoms with Gasteiger partial charge in [0.25, 0.3) is 0 Å². The van der Waals surface area contributed by atoms with Crippen LogP contribution in [0, 0.1) is 0 Å². The number of carbonyl (C=O) groups is 3. The normalized spacial score (nSPS) is 28.8. The Hall–Kier alpha value is -2.13. The first-order valence-corrected chi connectivity index (χ1v) is 11.6. The number of amides is 2. The number of imide groups is 1. The number of esters is 1. The van der Waals surface area contributed by atoms with Crippen LogP contribution in [0.15, 0.2) is 12.2 Å². The van der Waals surface area contributed by atoms with Gasteiger partial charge in [0, 0.05) is 0 Å². The molecule has 0 saturated carbocycles. The van der Waals surface area contributed by atoms with Gasteiger partial charge in [-0.15, -0.1) is 0 Å². The number of rotatable bonds is 3. The third kappa shape index (κ3) is 8.30. The molecule has 0 aromatic heterocycles. The molecule has 0 radical (unpaired) electrons. The summed E-state index contributed by atoms with van der Waals surface area (Å²) in [6.45, 7) is 11.6. The predicted molar refractivity (Wildman–Crippen MR) is 121 cm³/mol. The van der Waals surface area contributed by atoms with E-state index >= 15 is 0 Å². The summed E-state index contributed by atoms with van der Waals surface area (Å²) >= 11 is 0. The van der Waals surface area contributed by atoms with Crippen LogP contribution in [0.3, 0.4) is 0 Å². The fourth-order valence-corrected chi connectivity index (χ4v) is 3.75. The number of nitrogens with zero attached hydrogens (tertiary/aromatic N) is 1. The molecule has 0 spiro atoms. The quantitative estimate of drug-likeness (QED) is 0.373. The highest BCUT2D eigenvalue weighted by molar-refractivity contribution is 5.94. The summed E-state index contributed by atoms with van der Waals surface area (Å²) < 4.78 is 22.4. The molecule has 0 aromatic rings. The van der Waals surface area contributed by atoms with E-state index in [1.165, 1.54) is 0 Å². The molecule has 1 N–H and O–H groups in total. The maximum atomic E-state index is 13.2. The van der Waals surface area contributed by atoms with Gasteiger partial charge in [-0.25, -0.2) is 14.4 Å². The van der Waals surface area contributed by atoms with Crippen LogP contribution >= 0.6 is 0 Å². The van der Waals surface area contributed by atoms with Crippen molar-refractivity contribution in [2.45, 2.75) is 122 Å². The average molecular weight is 470 g/mol. The van der Waals surface area contributed by atoms with E-state index in [0.717, 1.165) is 12.8 Å². The third-order valence-corrected chi connectivity index (χ3v) is 5.19. The van der Waals surface area contributed by atoms with Crippen molar-refractivity contribution in [3.63, 3.8) is 0 Å². The van der Waals surface area contributed by atoms with E-state index in [4.69, 9.17) is 18.9 Å². The van der Waals surface area contributed by atoms with Gasteiger partial charge >= 0.3 is 18.2 Å². The molecule has 1 saturated heterocycles. The van der Waals surface area contributed by atoms with Gasteiger partial charge in [-0.3, -0.25) is 0 Å². The van der Waals surface area contributed by atoms with Crippen molar-refractivity contribution in [2.75, 3.05) is 0 Å². The molecule has 0 aromatic carbocycles. The van der Waals surface area contributed by atoms with E-state index in [-0.39, 0.29) is 12.5 Å². The molecule has 33 heavy (non-hydrogen) atoms. The number of allylic oxidation sites excluding steroid dienone is 1. The Kier molecular flexibility index (Phi) is 8.93. The maximum absolute atomic E-state index is 13.2. The highest BCUT2D eigenvalue weighted by Gasteiger charge is 2.43. The molecule has 2 amide bonds.